The molecule has 0 heterocycles. The molecule has 8 heteroatoms. The lowest BCUT2D eigenvalue weighted by atomic mass is 10.2. The van der Waals surface area contributed by atoms with Gasteiger partial charge >= 0.3 is 10.1 Å². The predicted molar refractivity (Wildman–Crippen MR) is 84.4 cm³/mol. The van der Waals surface area contributed by atoms with Crippen LogP contribution in [0.5, 0.6) is 5.75 Å². The van der Waals surface area contributed by atoms with Gasteiger partial charge in [0, 0.05) is 10.5 Å². The van der Waals surface area contributed by atoms with Gasteiger partial charge in [0.05, 0.1) is 4.92 Å². The molecule has 0 saturated heterocycles. The van der Waals surface area contributed by atoms with E-state index in [1.807, 2.05) is 0 Å². The van der Waals surface area contributed by atoms with Crippen LogP contribution in [0.2, 0.25) is 0 Å². The van der Waals surface area contributed by atoms with E-state index in [0.717, 1.165) is 10.7 Å². The van der Waals surface area contributed by atoms with Crippen LogP contribution >= 0.6 is 15.9 Å². The van der Waals surface area contributed by atoms with Crippen molar-refractivity contribution in [2.75, 3.05) is 0 Å². The molecule has 0 amide bonds. The van der Waals surface area contributed by atoms with Crippen molar-refractivity contribution < 1.29 is 17.5 Å². The van der Waals surface area contributed by atoms with E-state index in [1.165, 1.54) is 30.3 Å². The fourth-order valence-corrected chi connectivity index (χ4v) is 2.78. The van der Waals surface area contributed by atoms with Crippen LogP contribution in [0.25, 0.3) is 6.08 Å². The molecule has 6 nitrogen and oxygen atoms in total. The first-order valence-electron chi connectivity index (χ1n) is 5.99. The number of halogens is 1. The zero-order valence-electron chi connectivity index (χ0n) is 11.0. The molecular weight excluding hydrogens is 374 g/mol. The van der Waals surface area contributed by atoms with Gasteiger partial charge in [0.25, 0.3) is 0 Å². The number of benzene rings is 2. The summed E-state index contributed by atoms with van der Waals surface area (Å²) in [5, 5.41) is 10.3. The zero-order chi connectivity index (χ0) is 16.2. The van der Waals surface area contributed by atoms with Gasteiger partial charge in [-0.3, -0.25) is 10.1 Å². The highest BCUT2D eigenvalue weighted by Crippen LogP contribution is 2.21. The molecule has 0 spiro atoms. The molecule has 2 aromatic rings. The van der Waals surface area contributed by atoms with Gasteiger partial charge in [-0.05, 0) is 42.0 Å². The van der Waals surface area contributed by atoms with Gasteiger partial charge in [-0.25, -0.2) is 0 Å². The van der Waals surface area contributed by atoms with Crippen molar-refractivity contribution in [1.82, 2.24) is 0 Å². The molecule has 0 bridgehead atoms. The molecule has 2 rings (SSSR count). The Morgan fingerprint density at radius 1 is 1.14 bits per heavy atom. The first kappa shape index (κ1) is 16.2. The van der Waals surface area contributed by atoms with Crippen LogP contribution in [0.1, 0.15) is 5.56 Å². The highest BCUT2D eigenvalue weighted by molar-refractivity contribution is 9.10. The number of nitro groups is 1. The number of hydrogen-bond acceptors (Lipinski definition) is 5. The second-order valence-electron chi connectivity index (χ2n) is 4.16. The van der Waals surface area contributed by atoms with Gasteiger partial charge in [-0.1, -0.05) is 28.1 Å². The summed E-state index contributed by atoms with van der Waals surface area (Å²) in [6.07, 6.45) is 2.02. The van der Waals surface area contributed by atoms with Crippen molar-refractivity contribution in [3.8, 4) is 5.75 Å². The summed E-state index contributed by atoms with van der Waals surface area (Å²) in [4.78, 5) is 9.70. The molecule has 0 fully saturated rings. The monoisotopic (exact) mass is 383 g/mol. The fraction of sp³-hybridized carbons (Fsp3) is 0. The lowest BCUT2D eigenvalue weighted by Gasteiger charge is -2.07. The summed E-state index contributed by atoms with van der Waals surface area (Å²) in [6, 6.07) is 12.0. The van der Waals surface area contributed by atoms with Gasteiger partial charge in [0.15, 0.2) is 0 Å². The largest absolute Gasteiger partial charge is 0.379 e. The minimum atomic E-state index is -3.96. The van der Waals surface area contributed by atoms with Gasteiger partial charge in [0.1, 0.15) is 10.6 Å². The molecule has 114 valence electrons. The summed E-state index contributed by atoms with van der Waals surface area (Å²) in [7, 11) is -3.96. The van der Waals surface area contributed by atoms with Gasteiger partial charge in [-0.2, -0.15) is 8.42 Å². The molecule has 0 aliphatic rings. The summed E-state index contributed by atoms with van der Waals surface area (Å²) < 4.78 is 30.0. The van der Waals surface area contributed by atoms with Crippen LogP contribution in [0.15, 0.2) is 64.1 Å². The molecule has 0 unspecified atom stereocenters. The smallest absolute Gasteiger partial charge is 0.339 e. The average Bonchev–Trinajstić information content (AvgIpc) is 2.45. The number of rotatable bonds is 5. The van der Waals surface area contributed by atoms with Gasteiger partial charge in [-0.15, -0.1) is 0 Å². The molecule has 22 heavy (non-hydrogen) atoms. The number of nitrogens with zero attached hydrogens (tertiary/aromatic N) is 1. The summed E-state index contributed by atoms with van der Waals surface area (Å²) in [5.41, 5.74) is 0.459. The van der Waals surface area contributed by atoms with E-state index in [4.69, 9.17) is 4.18 Å². The molecule has 0 aliphatic heterocycles. The van der Waals surface area contributed by atoms with Crippen molar-refractivity contribution in [3.63, 3.8) is 0 Å². The summed E-state index contributed by atoms with van der Waals surface area (Å²) in [6.45, 7) is 0. The van der Waals surface area contributed by atoms with E-state index in [9.17, 15) is 18.5 Å². The standard InChI is InChI=1S/C14H10BrNO5S/c15-12-4-6-14(7-5-12)22(19,20)21-13-3-1-2-11(10-13)8-9-16(17)18/h1-10H/b9-8+. The van der Waals surface area contributed by atoms with Crippen LogP contribution in [0, 0.1) is 10.1 Å². The maximum Gasteiger partial charge on any atom is 0.339 e. The Bertz CT molecular complexity index is 815. The Morgan fingerprint density at radius 3 is 2.45 bits per heavy atom. The van der Waals surface area contributed by atoms with E-state index in [2.05, 4.69) is 15.9 Å². The van der Waals surface area contributed by atoms with Gasteiger partial charge < -0.3 is 4.18 Å². The zero-order valence-corrected chi connectivity index (χ0v) is 13.5. The van der Waals surface area contributed by atoms with Crippen LogP contribution in [0.4, 0.5) is 0 Å². The van der Waals surface area contributed by atoms with E-state index >= 15 is 0 Å². The Hall–Kier alpha value is -2.19. The Labute approximate surface area is 135 Å². The second-order valence-corrected chi connectivity index (χ2v) is 6.63. The minimum absolute atomic E-state index is 0.0157. The van der Waals surface area contributed by atoms with E-state index in [0.29, 0.717) is 5.56 Å². The van der Waals surface area contributed by atoms with Crippen molar-refractivity contribution in [3.05, 3.63) is 74.9 Å². The normalized spacial score (nSPS) is 11.5. The lowest BCUT2D eigenvalue weighted by molar-refractivity contribution is -0.400. The average molecular weight is 384 g/mol. The Balaban J connectivity index is 2.24. The van der Waals surface area contributed by atoms with Crippen LogP contribution in [0.3, 0.4) is 0 Å². The topological polar surface area (TPSA) is 86.5 Å². The van der Waals surface area contributed by atoms with Crippen LogP contribution in [-0.4, -0.2) is 13.3 Å². The molecule has 0 atom stereocenters. The Kier molecular flexibility index (Phi) is 4.94. The van der Waals surface area contributed by atoms with Gasteiger partial charge in [0.2, 0.25) is 6.20 Å². The summed E-state index contributed by atoms with van der Waals surface area (Å²) >= 11 is 3.22. The van der Waals surface area contributed by atoms with Crippen molar-refractivity contribution >= 4 is 32.1 Å². The van der Waals surface area contributed by atoms with Crippen LogP contribution in [-0.2, 0) is 10.1 Å². The maximum absolute atomic E-state index is 12.1. The highest BCUT2D eigenvalue weighted by Gasteiger charge is 2.16. The van der Waals surface area contributed by atoms with Crippen molar-refractivity contribution in [2.24, 2.45) is 0 Å². The van der Waals surface area contributed by atoms with E-state index in [1.54, 1.807) is 24.3 Å². The third kappa shape index (κ3) is 4.40. The fourth-order valence-electron chi connectivity index (χ4n) is 1.59. The quantitative estimate of drug-likeness (QED) is 0.448. The van der Waals surface area contributed by atoms with Crippen molar-refractivity contribution in [2.45, 2.75) is 4.90 Å². The molecule has 0 aliphatic carbocycles. The minimum Gasteiger partial charge on any atom is -0.379 e. The first-order valence-corrected chi connectivity index (χ1v) is 8.19. The van der Waals surface area contributed by atoms with E-state index in [-0.39, 0.29) is 10.6 Å². The SMILES string of the molecule is O=[N+]([O-])/C=C/c1cccc(OS(=O)(=O)c2ccc(Br)cc2)c1. The lowest BCUT2D eigenvalue weighted by Crippen LogP contribution is -2.09. The first-order chi connectivity index (χ1) is 10.4. The predicted octanol–water partition coefficient (Wildman–Crippen LogP) is 3.46. The molecule has 0 N–H and O–H groups in total. The third-order valence-corrected chi connectivity index (χ3v) is 4.35. The molecule has 0 radical (unpaired) electrons. The van der Waals surface area contributed by atoms with Crippen molar-refractivity contribution in [1.29, 1.82) is 0 Å². The molecule has 2 aromatic carbocycles. The summed E-state index contributed by atoms with van der Waals surface area (Å²) in [5.74, 6) is 0.0772. The Morgan fingerprint density at radius 2 is 1.82 bits per heavy atom. The molecular formula is C14H10BrNO5S. The molecule has 0 aromatic heterocycles. The third-order valence-electron chi connectivity index (χ3n) is 2.56. The number of hydrogen-bond donors (Lipinski definition) is 0. The van der Waals surface area contributed by atoms with E-state index < -0.39 is 15.0 Å². The maximum atomic E-state index is 12.1. The second kappa shape index (κ2) is 6.71. The van der Waals surface area contributed by atoms with Crippen LogP contribution < -0.4 is 4.18 Å². The highest BCUT2D eigenvalue weighted by atomic mass is 79.9. The molecule has 0 saturated carbocycles.